The van der Waals surface area contributed by atoms with Crippen LogP contribution in [0.3, 0.4) is 0 Å². The minimum atomic E-state index is -2.00. The number of carbonyl (C=O) groups is 14. The highest BCUT2D eigenvalue weighted by molar-refractivity contribution is 5.71. The Bertz CT molecular complexity index is 2470. The monoisotopic (exact) mass is 1330 g/mol. The van der Waals surface area contributed by atoms with Crippen LogP contribution in [0.4, 0.5) is 0 Å². The zero-order valence-corrected chi connectivity index (χ0v) is 52.6. The second-order valence-corrected chi connectivity index (χ2v) is 20.8. The van der Waals surface area contributed by atoms with Crippen LogP contribution < -0.4 is 5.73 Å². The van der Waals surface area contributed by atoms with Crippen LogP contribution in [0.15, 0.2) is 0 Å². The number of rotatable bonds is 28. The lowest BCUT2D eigenvalue weighted by Crippen LogP contribution is -2.67. The summed E-state index contributed by atoms with van der Waals surface area (Å²) < 4.78 is 126. The van der Waals surface area contributed by atoms with E-state index in [-0.39, 0.29) is 0 Å². The molecule has 0 bridgehead atoms. The lowest BCUT2D eigenvalue weighted by molar-refractivity contribution is -0.363. The first kappa shape index (κ1) is 76.7. The van der Waals surface area contributed by atoms with E-state index in [1.807, 2.05) is 0 Å². The van der Waals surface area contributed by atoms with Crippen molar-refractivity contribution in [3.63, 3.8) is 0 Å². The number of ether oxygens (including phenoxy) is 22. The highest BCUT2D eigenvalue weighted by Crippen LogP contribution is 2.38. The fourth-order valence-electron chi connectivity index (χ4n) is 9.70. The quantitative estimate of drug-likeness (QED) is 0.0629. The molecule has 0 unspecified atom stereocenters. The molecule has 0 aliphatic carbocycles. The summed E-state index contributed by atoms with van der Waals surface area (Å²) in [4.78, 5) is 176. The minimum Gasteiger partial charge on any atom is -0.463 e. The molecular weight excluding hydrogens is 1250 g/mol. The van der Waals surface area contributed by atoms with Crippen LogP contribution in [0.1, 0.15) is 96.9 Å². The summed E-state index contributed by atoms with van der Waals surface area (Å²) in [6, 6.07) is -1.37. The van der Waals surface area contributed by atoms with Crippen LogP contribution in [0, 0.1) is 0 Å². The molecule has 4 saturated heterocycles. The van der Waals surface area contributed by atoms with Gasteiger partial charge in [-0.3, -0.25) is 67.1 Å². The molecule has 0 spiro atoms. The highest BCUT2D eigenvalue weighted by atomic mass is 16.8. The summed E-state index contributed by atoms with van der Waals surface area (Å²) >= 11 is 0. The van der Waals surface area contributed by atoms with Gasteiger partial charge >= 0.3 is 83.6 Å². The topological polar surface area (TPSA) is 468 Å². The van der Waals surface area contributed by atoms with Crippen molar-refractivity contribution in [3.8, 4) is 0 Å². The van der Waals surface area contributed by atoms with Gasteiger partial charge in [-0.05, 0) is 0 Å². The summed E-state index contributed by atoms with van der Waals surface area (Å²) in [5.74, 6) is -13.7. The normalized spacial score (nSPS) is 31.2. The fraction of sp³-hybridized carbons (Fsp3) is 0.745. The molecule has 0 saturated carbocycles. The molecule has 2 N–H and O–H groups in total. The number of hydrogen-bond donors (Lipinski definition) is 1. The maximum absolute atomic E-state index is 13.0. The smallest absolute Gasteiger partial charge is 0.303 e. The molecule has 4 rings (SSSR count). The lowest BCUT2D eigenvalue weighted by atomic mass is 9.96. The van der Waals surface area contributed by atoms with Crippen molar-refractivity contribution >= 4 is 83.6 Å². The standard InChI is InChI=1S/C55H77NO36/c1-21(57)71-17-36-40(77-25(5)61)44(79-27(7)63)50(85-33(13)69)54(89-36)91-42-38(19-73-23(3)59)87-52(48(83-31(11)67)46(42)81-29(9)65)75-15-35(56)16-76-53-49(84-32(12)68)47(82-30(10)66)43(39(88-53)20-74-24(4)60)92-55-51(86-34(14)70)45(80-28(8)64)41(78-26(6)62)37(90-55)18-72-22(2)58/h35-55H,15-20,56H2,1-14H3/t36-,37-,38-,39-,40+,41+,42-,43-,44+,45+,46+,47+,48-,49-,50-,51-,52-,53-,54+,55+/m1/s1. The molecule has 37 nitrogen and oxygen atoms in total. The Morgan fingerprint density at radius 1 is 0.261 bits per heavy atom. The van der Waals surface area contributed by atoms with Crippen LogP contribution >= 0.6 is 0 Å². The zero-order chi connectivity index (χ0) is 69.0. The van der Waals surface area contributed by atoms with Gasteiger partial charge in [0.1, 0.15) is 63.1 Å². The molecule has 92 heavy (non-hydrogen) atoms. The molecule has 518 valence electrons. The van der Waals surface area contributed by atoms with Crippen molar-refractivity contribution in [1.29, 1.82) is 0 Å². The maximum Gasteiger partial charge on any atom is 0.303 e. The summed E-state index contributed by atoms with van der Waals surface area (Å²) in [6.45, 7) is 9.35. The summed E-state index contributed by atoms with van der Waals surface area (Å²) in [6.07, 6.45) is -36.1. The van der Waals surface area contributed by atoms with Gasteiger partial charge in [0.2, 0.25) is 0 Å². The van der Waals surface area contributed by atoms with Crippen molar-refractivity contribution in [1.82, 2.24) is 0 Å². The average molecular weight is 1330 g/mol. The second kappa shape index (κ2) is 35.9. The van der Waals surface area contributed by atoms with Gasteiger partial charge in [-0.25, -0.2) is 0 Å². The van der Waals surface area contributed by atoms with Gasteiger partial charge in [0.15, 0.2) is 86.2 Å². The van der Waals surface area contributed by atoms with Gasteiger partial charge < -0.3 is 110 Å². The summed E-state index contributed by atoms with van der Waals surface area (Å²) in [5.41, 5.74) is 6.55. The van der Waals surface area contributed by atoms with Crippen LogP contribution in [-0.2, 0) is 171 Å². The van der Waals surface area contributed by atoms with E-state index in [1.165, 1.54) is 0 Å². The van der Waals surface area contributed by atoms with Gasteiger partial charge in [0.05, 0.1) is 19.3 Å². The second-order valence-electron chi connectivity index (χ2n) is 20.8. The predicted octanol–water partition coefficient (Wildman–Crippen LogP) is -2.41. The van der Waals surface area contributed by atoms with Crippen LogP contribution in [-0.4, -0.2) is 252 Å². The van der Waals surface area contributed by atoms with Crippen LogP contribution in [0.5, 0.6) is 0 Å². The molecule has 20 atom stereocenters. The molecule has 0 aromatic heterocycles. The summed E-state index contributed by atoms with van der Waals surface area (Å²) in [5, 5.41) is 0. The van der Waals surface area contributed by atoms with E-state index in [4.69, 9.17) is 110 Å². The Hall–Kier alpha value is -7.78. The average Bonchev–Trinajstić information content (AvgIpc) is 0.779. The first-order chi connectivity index (χ1) is 43.0. The number of hydrogen-bond acceptors (Lipinski definition) is 37. The van der Waals surface area contributed by atoms with E-state index < -0.39 is 252 Å². The van der Waals surface area contributed by atoms with Crippen molar-refractivity contribution in [2.24, 2.45) is 5.73 Å². The molecule has 37 heteroatoms. The van der Waals surface area contributed by atoms with Gasteiger partial charge in [0, 0.05) is 96.9 Å². The largest absolute Gasteiger partial charge is 0.463 e. The molecule has 4 heterocycles. The first-order valence-corrected chi connectivity index (χ1v) is 28.2. The van der Waals surface area contributed by atoms with Crippen molar-refractivity contribution < 1.29 is 171 Å². The molecule has 4 aliphatic heterocycles. The first-order valence-electron chi connectivity index (χ1n) is 28.2. The number of nitrogens with two attached hydrogens (primary N) is 1. The van der Waals surface area contributed by atoms with Crippen LogP contribution in [0.25, 0.3) is 0 Å². The van der Waals surface area contributed by atoms with E-state index in [0.717, 1.165) is 96.9 Å². The molecule has 0 aromatic rings. The predicted molar refractivity (Wildman–Crippen MR) is 286 cm³/mol. The van der Waals surface area contributed by atoms with E-state index >= 15 is 0 Å². The number of esters is 14. The Labute approximate surface area is 525 Å². The van der Waals surface area contributed by atoms with Gasteiger partial charge in [-0.1, -0.05) is 0 Å². The van der Waals surface area contributed by atoms with E-state index in [9.17, 15) is 67.1 Å². The molecule has 0 amide bonds. The van der Waals surface area contributed by atoms with Crippen molar-refractivity contribution in [3.05, 3.63) is 0 Å². The molecule has 4 aliphatic rings. The Balaban J connectivity index is 1.76. The maximum atomic E-state index is 13.0. The Kier molecular flexibility index (Phi) is 29.9. The zero-order valence-electron chi connectivity index (χ0n) is 52.6. The van der Waals surface area contributed by atoms with E-state index in [2.05, 4.69) is 0 Å². The van der Waals surface area contributed by atoms with Crippen LogP contribution in [0.2, 0.25) is 0 Å². The van der Waals surface area contributed by atoms with Gasteiger partial charge in [-0.2, -0.15) is 0 Å². The molecule has 0 radical (unpaired) electrons. The third kappa shape index (κ3) is 24.0. The van der Waals surface area contributed by atoms with Gasteiger partial charge in [-0.15, -0.1) is 0 Å². The Morgan fingerprint density at radius 3 is 0.674 bits per heavy atom. The SMILES string of the molecule is CC(=O)OC[C@H]1O[C@@H](O[C@H]2[C@H](OC(C)=O)[C@@H](OC(C)=O)[C@H](OCC(N)CO[C@@H]3O[C@H](COC(C)=O)[C@@H](O[C@@H]4O[C@H](COC(C)=O)[C@H](OC(C)=O)[C@H](OC(C)=O)[C@H]4OC(C)=O)[C@H](OC(C)=O)[C@H]3OC(C)=O)O[C@@H]2COC(C)=O)[C@H](OC(C)=O)[C@@H](OC(C)=O)[C@H]1OC(C)=O. The van der Waals surface area contributed by atoms with E-state index in [0.29, 0.717) is 0 Å². The molecular formula is C55H77NO36. The molecule has 4 fully saturated rings. The van der Waals surface area contributed by atoms with Gasteiger partial charge in [0.25, 0.3) is 0 Å². The highest BCUT2D eigenvalue weighted by Gasteiger charge is 2.60. The lowest BCUT2D eigenvalue weighted by Gasteiger charge is -2.49. The van der Waals surface area contributed by atoms with E-state index in [1.54, 1.807) is 0 Å². The van der Waals surface area contributed by atoms with Crippen molar-refractivity contribution in [2.45, 2.75) is 226 Å². The third-order valence-electron chi connectivity index (χ3n) is 12.7. The summed E-state index contributed by atoms with van der Waals surface area (Å²) in [7, 11) is 0. The van der Waals surface area contributed by atoms with Crippen molar-refractivity contribution in [2.75, 3.05) is 39.6 Å². The molecule has 0 aromatic carbocycles. The minimum absolute atomic E-state index is 0.690. The third-order valence-corrected chi connectivity index (χ3v) is 12.7. The fourth-order valence-corrected chi connectivity index (χ4v) is 9.70. The Morgan fingerprint density at radius 2 is 0.446 bits per heavy atom. The number of carbonyl (C=O) groups excluding carboxylic acids is 14.